The first-order valence-electron chi connectivity index (χ1n) is 8.72. The van der Waals surface area contributed by atoms with Crippen molar-refractivity contribution >= 4 is 5.95 Å². The number of dihydropyridines is 1. The number of nitrogens with one attached hydrogen (secondary N) is 2. The second kappa shape index (κ2) is 5.23. The first kappa shape index (κ1) is 13.8. The normalized spacial score (nSPS) is 30.4. The van der Waals surface area contributed by atoms with E-state index < -0.39 is 0 Å². The summed E-state index contributed by atoms with van der Waals surface area (Å²) in [5.74, 6) is 0.777. The number of fused-ring (bicyclic) bond motifs is 3. The van der Waals surface area contributed by atoms with Crippen molar-refractivity contribution in [3.63, 3.8) is 0 Å². The lowest BCUT2D eigenvalue weighted by atomic mass is 9.72. The molecule has 122 valence electrons. The molecule has 0 saturated carbocycles. The molecule has 24 heavy (non-hydrogen) atoms. The quantitative estimate of drug-likeness (QED) is 0.741. The van der Waals surface area contributed by atoms with Crippen LogP contribution in [-0.4, -0.2) is 16.0 Å². The molecule has 3 heterocycles. The third-order valence-electron chi connectivity index (χ3n) is 5.58. The summed E-state index contributed by atoms with van der Waals surface area (Å²) in [7, 11) is 0. The number of allylic oxidation sites excluding steroid dienone is 2. The Hall–Kier alpha value is -2.56. The number of nitrogens with zero attached hydrogens (tertiary/aromatic N) is 2. The summed E-state index contributed by atoms with van der Waals surface area (Å²) in [5.41, 5.74) is 12.6. The molecule has 0 spiro atoms. The highest BCUT2D eigenvalue weighted by Gasteiger charge is 2.38. The average Bonchev–Trinajstić information content (AvgIpc) is 3.10. The molecular formula is C19H21N5. The van der Waals surface area contributed by atoms with E-state index in [0.29, 0.717) is 17.9 Å². The third kappa shape index (κ3) is 2.00. The van der Waals surface area contributed by atoms with E-state index in [9.17, 15) is 0 Å². The molecule has 0 saturated heterocycles. The molecule has 0 bridgehead atoms. The Balaban J connectivity index is 1.62. The number of aromatic nitrogens is 2. The van der Waals surface area contributed by atoms with Crippen molar-refractivity contribution in [2.45, 2.75) is 37.8 Å². The smallest absolute Gasteiger partial charge is 0.219 e. The second-order valence-corrected chi connectivity index (χ2v) is 6.93. The van der Waals surface area contributed by atoms with E-state index in [1.54, 1.807) is 5.57 Å². The van der Waals surface area contributed by atoms with Crippen molar-refractivity contribution in [3.8, 4) is 0 Å². The summed E-state index contributed by atoms with van der Waals surface area (Å²) in [6.07, 6.45) is 17.5. The van der Waals surface area contributed by atoms with Crippen molar-refractivity contribution in [2.75, 3.05) is 5.73 Å². The number of hydrogen-bond donors (Lipinski definition) is 3. The van der Waals surface area contributed by atoms with Crippen molar-refractivity contribution < 1.29 is 0 Å². The van der Waals surface area contributed by atoms with Gasteiger partial charge in [0.05, 0.1) is 12.1 Å². The summed E-state index contributed by atoms with van der Waals surface area (Å²) in [4.78, 5) is 8.40. The van der Waals surface area contributed by atoms with E-state index in [0.717, 1.165) is 12.0 Å². The predicted octanol–water partition coefficient (Wildman–Crippen LogP) is 2.50. The van der Waals surface area contributed by atoms with Crippen LogP contribution < -0.4 is 16.4 Å². The van der Waals surface area contributed by atoms with Gasteiger partial charge in [-0.15, -0.1) is 0 Å². The van der Waals surface area contributed by atoms with Gasteiger partial charge in [-0.05, 0) is 54.7 Å². The van der Waals surface area contributed by atoms with Crippen molar-refractivity contribution in [1.29, 1.82) is 0 Å². The zero-order chi connectivity index (χ0) is 16.1. The zero-order valence-electron chi connectivity index (χ0n) is 13.5. The summed E-state index contributed by atoms with van der Waals surface area (Å²) in [5, 5.41) is 7.21. The van der Waals surface area contributed by atoms with E-state index >= 15 is 0 Å². The predicted molar refractivity (Wildman–Crippen MR) is 93.5 cm³/mol. The Labute approximate surface area is 141 Å². The van der Waals surface area contributed by atoms with Crippen LogP contribution in [-0.2, 0) is 0 Å². The number of nitrogens with two attached hydrogens (primary N) is 1. The highest BCUT2D eigenvalue weighted by atomic mass is 15.0. The van der Waals surface area contributed by atoms with Gasteiger partial charge in [0.1, 0.15) is 0 Å². The van der Waals surface area contributed by atoms with Crippen molar-refractivity contribution in [3.05, 3.63) is 64.8 Å². The SMILES string of the molecule is Nc1ncc(C2NC3=C(C4=C2CCCC4)C2C=CNC2C=C3)cn1. The fourth-order valence-electron chi connectivity index (χ4n) is 4.48. The van der Waals surface area contributed by atoms with Gasteiger partial charge in [-0.1, -0.05) is 12.2 Å². The molecular weight excluding hydrogens is 298 g/mol. The molecule has 5 nitrogen and oxygen atoms in total. The van der Waals surface area contributed by atoms with Gasteiger partial charge < -0.3 is 16.4 Å². The van der Waals surface area contributed by atoms with Crippen molar-refractivity contribution in [2.24, 2.45) is 5.92 Å². The van der Waals surface area contributed by atoms with Crippen LogP contribution in [0.1, 0.15) is 37.3 Å². The van der Waals surface area contributed by atoms with Gasteiger partial charge in [-0.2, -0.15) is 0 Å². The highest BCUT2D eigenvalue weighted by Crippen LogP contribution is 2.46. The Kier molecular flexibility index (Phi) is 3.01. The minimum atomic E-state index is 0.166. The van der Waals surface area contributed by atoms with E-state index in [4.69, 9.17) is 5.73 Å². The third-order valence-corrected chi connectivity index (χ3v) is 5.58. The molecule has 0 fully saturated rings. The molecule has 1 aromatic rings. The molecule has 4 N–H and O–H groups in total. The maximum atomic E-state index is 5.66. The largest absolute Gasteiger partial charge is 0.384 e. The lowest BCUT2D eigenvalue weighted by Gasteiger charge is -2.40. The van der Waals surface area contributed by atoms with Crippen LogP contribution >= 0.6 is 0 Å². The van der Waals surface area contributed by atoms with E-state index in [2.05, 4.69) is 45.0 Å². The molecule has 0 aromatic carbocycles. The second-order valence-electron chi connectivity index (χ2n) is 6.93. The summed E-state index contributed by atoms with van der Waals surface area (Å²) in [6, 6.07) is 0.567. The van der Waals surface area contributed by atoms with E-state index in [-0.39, 0.29) is 6.04 Å². The van der Waals surface area contributed by atoms with Gasteiger partial charge in [0, 0.05) is 29.6 Å². The van der Waals surface area contributed by atoms with Crippen molar-refractivity contribution in [1.82, 2.24) is 20.6 Å². The molecule has 2 aliphatic heterocycles. The molecule has 5 rings (SSSR count). The maximum Gasteiger partial charge on any atom is 0.219 e. The Bertz CT molecular complexity index is 800. The van der Waals surface area contributed by atoms with Gasteiger partial charge >= 0.3 is 0 Å². The Morgan fingerprint density at radius 2 is 1.92 bits per heavy atom. The van der Waals surface area contributed by atoms with E-state index in [1.165, 1.54) is 36.1 Å². The fourth-order valence-corrected chi connectivity index (χ4v) is 4.48. The lowest BCUT2D eigenvalue weighted by molar-refractivity contribution is 0.522. The van der Waals surface area contributed by atoms with Gasteiger partial charge in [-0.25, -0.2) is 9.97 Å². The molecule has 3 unspecified atom stereocenters. The molecule has 5 heteroatoms. The standard InChI is InChI=1S/C19H21N5/c20-19-22-9-11(10-23-19)18-13-4-2-1-3-12(13)17-14-7-8-21-15(14)5-6-16(17)24-18/h5-10,14-15,18,21,24H,1-4H2,(H2,20,22,23). The fraction of sp³-hybridized carbons (Fsp3) is 0.368. The van der Waals surface area contributed by atoms with Crippen LogP contribution in [0, 0.1) is 5.92 Å². The summed E-state index contributed by atoms with van der Waals surface area (Å²) < 4.78 is 0. The molecule has 2 aliphatic carbocycles. The lowest BCUT2D eigenvalue weighted by Crippen LogP contribution is -2.37. The van der Waals surface area contributed by atoms with Gasteiger partial charge in [-0.3, -0.25) is 0 Å². The zero-order valence-corrected chi connectivity index (χ0v) is 13.5. The van der Waals surface area contributed by atoms with Crippen LogP contribution in [0.5, 0.6) is 0 Å². The first-order valence-corrected chi connectivity index (χ1v) is 8.72. The number of hydrogen-bond acceptors (Lipinski definition) is 5. The minimum Gasteiger partial charge on any atom is -0.384 e. The summed E-state index contributed by atoms with van der Waals surface area (Å²) >= 11 is 0. The average molecular weight is 319 g/mol. The molecule has 3 atom stereocenters. The van der Waals surface area contributed by atoms with Crippen LogP contribution in [0.2, 0.25) is 0 Å². The number of anilines is 1. The van der Waals surface area contributed by atoms with Crippen LogP contribution in [0.15, 0.2) is 59.2 Å². The molecule has 4 aliphatic rings. The molecule has 0 radical (unpaired) electrons. The monoisotopic (exact) mass is 319 g/mol. The topological polar surface area (TPSA) is 75.9 Å². The maximum absolute atomic E-state index is 5.66. The molecule has 1 aromatic heterocycles. The minimum absolute atomic E-state index is 0.166. The summed E-state index contributed by atoms with van der Waals surface area (Å²) in [6.45, 7) is 0. The Morgan fingerprint density at radius 3 is 2.79 bits per heavy atom. The first-order chi connectivity index (χ1) is 11.8. The van der Waals surface area contributed by atoms with Gasteiger partial charge in [0.15, 0.2) is 0 Å². The number of nitrogen functional groups attached to an aromatic ring is 1. The van der Waals surface area contributed by atoms with Crippen LogP contribution in [0.25, 0.3) is 0 Å². The molecule has 0 amide bonds. The van der Waals surface area contributed by atoms with Crippen LogP contribution in [0.4, 0.5) is 5.95 Å². The van der Waals surface area contributed by atoms with Crippen LogP contribution in [0.3, 0.4) is 0 Å². The van der Waals surface area contributed by atoms with E-state index in [1.807, 2.05) is 12.4 Å². The Morgan fingerprint density at radius 1 is 1.08 bits per heavy atom. The van der Waals surface area contributed by atoms with Gasteiger partial charge in [0.2, 0.25) is 5.95 Å². The van der Waals surface area contributed by atoms with Gasteiger partial charge in [0.25, 0.3) is 0 Å². The number of rotatable bonds is 1. The highest BCUT2D eigenvalue weighted by molar-refractivity contribution is 5.56.